The SMILES string of the molecule is COc1cc(-c2nc3n(n2)CCCC3c2ccc(F)c(F)c2)ccc1Br. The van der Waals surface area contributed by atoms with Crippen LogP contribution in [0, 0.1) is 11.6 Å². The summed E-state index contributed by atoms with van der Waals surface area (Å²) < 4.78 is 35.0. The number of hydrogen-bond acceptors (Lipinski definition) is 3. The van der Waals surface area contributed by atoms with Crippen LogP contribution in [0.15, 0.2) is 40.9 Å². The summed E-state index contributed by atoms with van der Waals surface area (Å²) in [5.41, 5.74) is 1.56. The molecule has 2 aromatic carbocycles. The first kappa shape index (κ1) is 17.1. The summed E-state index contributed by atoms with van der Waals surface area (Å²) in [7, 11) is 1.61. The maximum Gasteiger partial charge on any atom is 0.181 e. The first-order chi connectivity index (χ1) is 12.6. The Hall–Kier alpha value is -2.28. The predicted octanol–water partition coefficient (Wildman–Crippen LogP) is 4.92. The van der Waals surface area contributed by atoms with Gasteiger partial charge in [-0.3, -0.25) is 0 Å². The number of nitrogens with zero attached hydrogens (tertiary/aromatic N) is 3. The fourth-order valence-electron chi connectivity index (χ4n) is 3.32. The molecule has 134 valence electrons. The minimum absolute atomic E-state index is 0.0996. The van der Waals surface area contributed by atoms with Gasteiger partial charge in [-0.25, -0.2) is 18.4 Å². The number of halogens is 3. The van der Waals surface area contributed by atoms with Crippen LogP contribution in [0.4, 0.5) is 8.78 Å². The zero-order valence-corrected chi connectivity index (χ0v) is 15.6. The summed E-state index contributed by atoms with van der Waals surface area (Å²) in [6.45, 7) is 0.760. The predicted molar refractivity (Wildman–Crippen MR) is 97.1 cm³/mol. The second-order valence-electron chi connectivity index (χ2n) is 6.23. The van der Waals surface area contributed by atoms with Crippen molar-refractivity contribution >= 4 is 15.9 Å². The maximum atomic E-state index is 13.7. The molecular formula is C19H16BrF2N3O. The molecule has 3 aromatic rings. The van der Waals surface area contributed by atoms with E-state index < -0.39 is 11.6 Å². The molecule has 0 radical (unpaired) electrons. The molecule has 0 amide bonds. The van der Waals surface area contributed by atoms with Crippen LogP contribution in [0.3, 0.4) is 0 Å². The summed E-state index contributed by atoms with van der Waals surface area (Å²) in [5.74, 6) is 0.301. The van der Waals surface area contributed by atoms with Crippen LogP contribution in [-0.4, -0.2) is 21.9 Å². The summed E-state index contributed by atoms with van der Waals surface area (Å²) >= 11 is 3.44. The molecule has 1 aliphatic rings. The third kappa shape index (κ3) is 3.00. The molecule has 0 spiro atoms. The van der Waals surface area contributed by atoms with E-state index in [1.54, 1.807) is 13.2 Å². The van der Waals surface area contributed by atoms with Gasteiger partial charge in [-0.15, -0.1) is 0 Å². The highest BCUT2D eigenvalue weighted by Crippen LogP contribution is 2.35. The van der Waals surface area contributed by atoms with E-state index in [-0.39, 0.29) is 5.92 Å². The lowest BCUT2D eigenvalue weighted by Crippen LogP contribution is -2.18. The van der Waals surface area contributed by atoms with Gasteiger partial charge in [0.2, 0.25) is 0 Å². The molecule has 4 nitrogen and oxygen atoms in total. The molecule has 7 heteroatoms. The van der Waals surface area contributed by atoms with Crippen LogP contribution in [0.5, 0.6) is 5.75 Å². The number of aryl methyl sites for hydroxylation is 1. The lowest BCUT2D eigenvalue weighted by Gasteiger charge is -2.22. The molecule has 1 atom stereocenters. The standard InChI is InChI=1S/C19H16BrF2N3O/c1-26-17-10-12(4-6-14(17)20)18-23-19-13(3-2-8-25(19)24-18)11-5-7-15(21)16(22)9-11/h4-7,9-10,13H,2-3,8H2,1H3. The van der Waals surface area contributed by atoms with E-state index in [9.17, 15) is 8.78 Å². The molecule has 2 heterocycles. The first-order valence-electron chi connectivity index (χ1n) is 8.30. The number of ether oxygens (including phenoxy) is 1. The van der Waals surface area contributed by atoms with Crippen molar-refractivity contribution in [3.8, 4) is 17.1 Å². The Morgan fingerprint density at radius 3 is 2.77 bits per heavy atom. The van der Waals surface area contributed by atoms with Gasteiger partial charge in [0.05, 0.1) is 11.6 Å². The van der Waals surface area contributed by atoms with Gasteiger partial charge >= 0.3 is 0 Å². The van der Waals surface area contributed by atoms with Crippen molar-refractivity contribution in [2.75, 3.05) is 7.11 Å². The van der Waals surface area contributed by atoms with E-state index >= 15 is 0 Å². The molecule has 1 unspecified atom stereocenters. The number of hydrogen-bond donors (Lipinski definition) is 0. The summed E-state index contributed by atoms with van der Waals surface area (Å²) in [6, 6.07) is 9.72. The monoisotopic (exact) mass is 419 g/mol. The van der Waals surface area contributed by atoms with Crippen molar-refractivity contribution in [1.29, 1.82) is 0 Å². The Morgan fingerprint density at radius 2 is 2.00 bits per heavy atom. The summed E-state index contributed by atoms with van der Waals surface area (Å²) in [5, 5.41) is 4.61. The van der Waals surface area contributed by atoms with Gasteiger partial charge in [-0.05, 0) is 64.7 Å². The van der Waals surface area contributed by atoms with Crippen molar-refractivity contribution in [2.24, 2.45) is 0 Å². The number of rotatable bonds is 3. The Bertz CT molecular complexity index is 973. The van der Waals surface area contributed by atoms with E-state index in [2.05, 4.69) is 21.0 Å². The zero-order chi connectivity index (χ0) is 18.3. The molecule has 4 rings (SSSR count). The van der Waals surface area contributed by atoms with Gasteiger partial charge in [-0.1, -0.05) is 6.07 Å². The Labute approximate surface area is 158 Å². The van der Waals surface area contributed by atoms with Gasteiger partial charge in [0.1, 0.15) is 11.6 Å². The van der Waals surface area contributed by atoms with Gasteiger partial charge in [0, 0.05) is 18.0 Å². The number of fused-ring (bicyclic) bond motifs is 1. The van der Waals surface area contributed by atoms with Crippen molar-refractivity contribution < 1.29 is 13.5 Å². The lowest BCUT2D eigenvalue weighted by molar-refractivity contribution is 0.412. The second kappa shape index (κ2) is 6.79. The average molecular weight is 420 g/mol. The molecular weight excluding hydrogens is 404 g/mol. The van der Waals surface area contributed by atoms with Crippen LogP contribution in [0.1, 0.15) is 30.1 Å². The normalized spacial score (nSPS) is 16.4. The second-order valence-corrected chi connectivity index (χ2v) is 7.09. The maximum absolute atomic E-state index is 13.7. The number of aromatic nitrogens is 3. The molecule has 1 aliphatic heterocycles. The third-order valence-electron chi connectivity index (χ3n) is 4.63. The van der Waals surface area contributed by atoms with Crippen molar-refractivity contribution in [2.45, 2.75) is 25.3 Å². The van der Waals surface area contributed by atoms with E-state index in [1.165, 1.54) is 12.1 Å². The Kier molecular flexibility index (Phi) is 4.48. The van der Waals surface area contributed by atoms with Crippen molar-refractivity contribution in [1.82, 2.24) is 14.8 Å². The van der Waals surface area contributed by atoms with E-state index in [0.717, 1.165) is 40.8 Å². The summed E-state index contributed by atoms with van der Waals surface area (Å²) in [6.07, 6.45) is 1.73. The van der Waals surface area contributed by atoms with Gasteiger partial charge < -0.3 is 4.74 Å². The van der Waals surface area contributed by atoms with Crippen LogP contribution in [-0.2, 0) is 6.54 Å². The molecule has 26 heavy (non-hydrogen) atoms. The van der Waals surface area contributed by atoms with Crippen LogP contribution >= 0.6 is 15.9 Å². The Morgan fingerprint density at radius 1 is 1.15 bits per heavy atom. The topological polar surface area (TPSA) is 39.9 Å². The van der Waals surface area contributed by atoms with E-state index in [1.807, 2.05) is 22.9 Å². The fraction of sp³-hybridized carbons (Fsp3) is 0.263. The molecule has 1 aromatic heterocycles. The molecule has 0 bridgehead atoms. The lowest BCUT2D eigenvalue weighted by atomic mass is 9.91. The molecule has 0 N–H and O–H groups in total. The van der Waals surface area contributed by atoms with Crippen molar-refractivity contribution in [3.05, 3.63) is 63.9 Å². The highest BCUT2D eigenvalue weighted by molar-refractivity contribution is 9.10. The minimum Gasteiger partial charge on any atom is -0.496 e. The largest absolute Gasteiger partial charge is 0.496 e. The molecule has 0 fully saturated rings. The highest BCUT2D eigenvalue weighted by Gasteiger charge is 2.27. The van der Waals surface area contributed by atoms with Gasteiger partial charge in [0.15, 0.2) is 17.5 Å². The minimum atomic E-state index is -0.839. The number of methoxy groups -OCH3 is 1. The van der Waals surface area contributed by atoms with E-state index in [4.69, 9.17) is 9.72 Å². The van der Waals surface area contributed by atoms with Crippen molar-refractivity contribution in [3.63, 3.8) is 0 Å². The molecule has 0 saturated heterocycles. The zero-order valence-electron chi connectivity index (χ0n) is 14.0. The summed E-state index contributed by atoms with van der Waals surface area (Å²) in [4.78, 5) is 4.70. The quantitative estimate of drug-likeness (QED) is 0.604. The average Bonchev–Trinajstić information content (AvgIpc) is 3.08. The van der Waals surface area contributed by atoms with E-state index in [0.29, 0.717) is 11.6 Å². The van der Waals surface area contributed by atoms with Gasteiger partial charge in [-0.2, -0.15) is 5.10 Å². The van der Waals surface area contributed by atoms with Crippen LogP contribution in [0.2, 0.25) is 0 Å². The smallest absolute Gasteiger partial charge is 0.181 e. The molecule has 0 aliphatic carbocycles. The third-order valence-corrected chi connectivity index (χ3v) is 5.29. The van der Waals surface area contributed by atoms with Gasteiger partial charge in [0.25, 0.3) is 0 Å². The van der Waals surface area contributed by atoms with Crippen LogP contribution < -0.4 is 4.74 Å². The fourth-order valence-corrected chi connectivity index (χ4v) is 3.73. The number of benzene rings is 2. The molecule has 0 saturated carbocycles. The van der Waals surface area contributed by atoms with Crippen LogP contribution in [0.25, 0.3) is 11.4 Å². The first-order valence-corrected chi connectivity index (χ1v) is 9.09. The highest BCUT2D eigenvalue weighted by atomic mass is 79.9. The Balaban J connectivity index is 1.75.